The van der Waals surface area contributed by atoms with Gasteiger partial charge in [0.2, 0.25) is 5.92 Å². The Hall–Kier alpha value is -0.180. The van der Waals surface area contributed by atoms with Crippen molar-refractivity contribution in [2.45, 2.75) is 43.6 Å². The number of hydrogen-bond donors (Lipinski definition) is 0. The summed E-state index contributed by atoms with van der Waals surface area (Å²) in [6, 6.07) is 0. The van der Waals surface area contributed by atoms with Crippen molar-refractivity contribution in [3.8, 4) is 0 Å². The van der Waals surface area contributed by atoms with E-state index < -0.39 is 5.92 Å². The Balaban J connectivity index is 2.06. The first-order valence-corrected chi connectivity index (χ1v) is 4.63. The van der Waals surface area contributed by atoms with E-state index >= 15 is 0 Å². The van der Waals surface area contributed by atoms with E-state index in [4.69, 9.17) is 0 Å². The molecule has 0 aromatic heterocycles. The lowest BCUT2D eigenvalue weighted by atomic mass is 10.1. The van der Waals surface area contributed by atoms with Gasteiger partial charge in [-0.1, -0.05) is 0 Å². The van der Waals surface area contributed by atoms with Crippen molar-refractivity contribution in [2.75, 3.05) is 13.6 Å². The van der Waals surface area contributed by atoms with Crippen LogP contribution in [0.2, 0.25) is 0 Å². The zero-order valence-corrected chi connectivity index (χ0v) is 7.45. The van der Waals surface area contributed by atoms with Crippen molar-refractivity contribution in [1.29, 1.82) is 0 Å². The largest absolute Gasteiger partial charge is 0.300 e. The molecule has 0 radical (unpaired) electrons. The lowest BCUT2D eigenvalue weighted by molar-refractivity contribution is -0.0127. The van der Waals surface area contributed by atoms with Crippen LogP contribution >= 0.6 is 0 Å². The van der Waals surface area contributed by atoms with Crippen LogP contribution in [0.1, 0.15) is 32.1 Å². The monoisotopic (exact) mass is 175 g/mol. The molecule has 1 saturated heterocycles. The highest BCUT2D eigenvalue weighted by atomic mass is 19.3. The molecule has 0 N–H and O–H groups in total. The van der Waals surface area contributed by atoms with Gasteiger partial charge in [0.1, 0.15) is 0 Å². The number of halogens is 2. The molecule has 0 amide bonds. The van der Waals surface area contributed by atoms with Crippen molar-refractivity contribution in [3.05, 3.63) is 0 Å². The molecule has 1 saturated carbocycles. The Morgan fingerprint density at radius 3 is 2.17 bits per heavy atom. The molecule has 1 heterocycles. The van der Waals surface area contributed by atoms with Gasteiger partial charge in [-0.25, -0.2) is 8.78 Å². The molecule has 0 bridgehead atoms. The Morgan fingerprint density at radius 1 is 1.00 bits per heavy atom. The molecular weight excluding hydrogens is 160 g/mol. The Morgan fingerprint density at radius 2 is 1.58 bits per heavy atom. The van der Waals surface area contributed by atoms with Crippen LogP contribution in [0.15, 0.2) is 0 Å². The molecule has 1 spiro atoms. The van der Waals surface area contributed by atoms with E-state index in [1.807, 2.05) is 7.05 Å². The summed E-state index contributed by atoms with van der Waals surface area (Å²) >= 11 is 0. The molecule has 2 aliphatic rings. The normalized spacial score (nSPS) is 33.2. The van der Waals surface area contributed by atoms with Gasteiger partial charge in [0.25, 0.3) is 0 Å². The quantitative estimate of drug-likeness (QED) is 0.546. The summed E-state index contributed by atoms with van der Waals surface area (Å²) < 4.78 is 26.0. The van der Waals surface area contributed by atoms with Gasteiger partial charge < -0.3 is 4.90 Å². The van der Waals surface area contributed by atoms with Crippen LogP contribution in [0.25, 0.3) is 0 Å². The maximum Gasteiger partial charge on any atom is 0.249 e. The standard InChI is InChI=1S/C9H15F2N/c1-12-7-6-9(10,11)5-4-8(12)2-3-8/h2-7H2,1H3. The van der Waals surface area contributed by atoms with Crippen LogP contribution in [0.3, 0.4) is 0 Å². The third-order valence-electron chi connectivity index (χ3n) is 3.41. The Bertz CT molecular complexity index is 187. The van der Waals surface area contributed by atoms with Crippen LogP contribution in [0.5, 0.6) is 0 Å². The molecule has 2 rings (SSSR count). The first-order chi connectivity index (χ1) is 5.54. The fraction of sp³-hybridized carbons (Fsp3) is 1.00. The average molecular weight is 175 g/mol. The summed E-state index contributed by atoms with van der Waals surface area (Å²) in [5.74, 6) is -2.40. The minimum Gasteiger partial charge on any atom is -0.300 e. The number of alkyl halides is 2. The molecule has 12 heavy (non-hydrogen) atoms. The molecule has 70 valence electrons. The minimum atomic E-state index is -2.40. The second-order valence-corrected chi connectivity index (χ2v) is 4.25. The summed E-state index contributed by atoms with van der Waals surface area (Å²) in [6.07, 6.45) is 3.08. The van der Waals surface area contributed by atoms with Crippen molar-refractivity contribution in [1.82, 2.24) is 4.90 Å². The van der Waals surface area contributed by atoms with E-state index in [-0.39, 0.29) is 18.4 Å². The first-order valence-electron chi connectivity index (χ1n) is 4.63. The van der Waals surface area contributed by atoms with Crippen LogP contribution in [0, 0.1) is 0 Å². The third kappa shape index (κ3) is 1.35. The van der Waals surface area contributed by atoms with Gasteiger partial charge in [-0.2, -0.15) is 0 Å². The maximum absolute atomic E-state index is 13.0. The van der Waals surface area contributed by atoms with Crippen LogP contribution in [-0.4, -0.2) is 30.0 Å². The average Bonchev–Trinajstić information content (AvgIpc) is 2.77. The van der Waals surface area contributed by atoms with E-state index in [2.05, 4.69) is 4.90 Å². The van der Waals surface area contributed by atoms with Crippen LogP contribution in [-0.2, 0) is 0 Å². The van der Waals surface area contributed by atoms with Gasteiger partial charge in [-0.15, -0.1) is 0 Å². The second kappa shape index (κ2) is 2.41. The molecular formula is C9H15F2N. The molecule has 2 fully saturated rings. The molecule has 3 heteroatoms. The van der Waals surface area contributed by atoms with E-state index in [0.717, 1.165) is 12.8 Å². The highest BCUT2D eigenvalue weighted by molar-refractivity contribution is 5.04. The number of likely N-dealkylation sites (tertiary alicyclic amines) is 1. The lowest BCUT2D eigenvalue weighted by Gasteiger charge is -2.24. The summed E-state index contributed by atoms with van der Waals surface area (Å²) in [4.78, 5) is 2.13. The van der Waals surface area contributed by atoms with Gasteiger partial charge in [0.15, 0.2) is 0 Å². The second-order valence-electron chi connectivity index (χ2n) is 4.25. The molecule has 0 atom stereocenters. The van der Waals surface area contributed by atoms with Crippen molar-refractivity contribution >= 4 is 0 Å². The third-order valence-corrected chi connectivity index (χ3v) is 3.41. The van der Waals surface area contributed by atoms with Gasteiger partial charge in [-0.05, 0) is 26.3 Å². The summed E-state index contributed by atoms with van der Waals surface area (Å²) in [6.45, 7) is 0.562. The number of hydrogen-bond acceptors (Lipinski definition) is 1. The van der Waals surface area contributed by atoms with Crippen LogP contribution in [0.4, 0.5) is 8.78 Å². The number of rotatable bonds is 0. The van der Waals surface area contributed by atoms with E-state index in [0.29, 0.717) is 13.0 Å². The lowest BCUT2D eigenvalue weighted by Crippen LogP contribution is -2.32. The molecule has 0 aromatic rings. The molecule has 0 aromatic carbocycles. The summed E-state index contributed by atoms with van der Waals surface area (Å²) in [5, 5.41) is 0. The van der Waals surface area contributed by atoms with E-state index in [9.17, 15) is 8.78 Å². The first kappa shape index (κ1) is 8.42. The van der Waals surface area contributed by atoms with Crippen molar-refractivity contribution < 1.29 is 8.78 Å². The van der Waals surface area contributed by atoms with Gasteiger partial charge in [0, 0.05) is 24.9 Å². The van der Waals surface area contributed by atoms with E-state index in [1.165, 1.54) is 0 Å². The van der Waals surface area contributed by atoms with Crippen LogP contribution < -0.4 is 0 Å². The molecule has 1 aliphatic carbocycles. The van der Waals surface area contributed by atoms with Gasteiger partial charge in [-0.3, -0.25) is 0 Å². The topological polar surface area (TPSA) is 3.24 Å². The molecule has 1 aliphatic heterocycles. The maximum atomic E-state index is 13.0. The summed E-state index contributed by atoms with van der Waals surface area (Å²) in [5.41, 5.74) is 0.180. The minimum absolute atomic E-state index is 0.0469. The van der Waals surface area contributed by atoms with Crippen molar-refractivity contribution in [3.63, 3.8) is 0 Å². The SMILES string of the molecule is CN1CCC(F)(F)CCC12CC2. The highest BCUT2D eigenvalue weighted by Gasteiger charge is 2.50. The fourth-order valence-electron chi connectivity index (χ4n) is 2.08. The predicted molar refractivity (Wildman–Crippen MR) is 43.4 cm³/mol. The predicted octanol–water partition coefficient (Wildman–Crippen LogP) is 2.27. The highest BCUT2D eigenvalue weighted by Crippen LogP contribution is 2.49. The van der Waals surface area contributed by atoms with Gasteiger partial charge in [0.05, 0.1) is 0 Å². The Kier molecular flexibility index (Phi) is 1.69. The number of nitrogens with zero attached hydrogens (tertiary/aromatic N) is 1. The molecule has 0 unspecified atom stereocenters. The smallest absolute Gasteiger partial charge is 0.249 e. The summed E-state index contributed by atoms with van der Waals surface area (Å²) in [7, 11) is 1.98. The Labute approximate surface area is 71.7 Å². The van der Waals surface area contributed by atoms with Gasteiger partial charge >= 0.3 is 0 Å². The van der Waals surface area contributed by atoms with E-state index in [1.54, 1.807) is 0 Å². The zero-order valence-electron chi connectivity index (χ0n) is 7.45. The fourth-order valence-corrected chi connectivity index (χ4v) is 2.08. The zero-order chi connectivity index (χ0) is 8.82. The molecule has 1 nitrogen and oxygen atoms in total. The van der Waals surface area contributed by atoms with Crippen molar-refractivity contribution in [2.24, 2.45) is 0 Å².